The molecule has 2 N–H and O–H groups in total. The fraction of sp³-hybridized carbons (Fsp3) is 0.500. The van der Waals surface area contributed by atoms with Crippen LogP contribution in [-0.2, 0) is 14.3 Å². The Morgan fingerprint density at radius 1 is 0.927 bits per heavy atom. The van der Waals surface area contributed by atoms with Crippen LogP contribution >= 0.6 is 11.8 Å². The van der Waals surface area contributed by atoms with Crippen molar-refractivity contribution in [2.45, 2.75) is 94.4 Å². The van der Waals surface area contributed by atoms with Crippen molar-refractivity contribution in [3.8, 4) is 28.4 Å². The Morgan fingerprint density at radius 3 is 2.42 bits per heavy atom. The van der Waals surface area contributed by atoms with Crippen LogP contribution in [0, 0.1) is 17.8 Å². The van der Waals surface area contributed by atoms with E-state index in [1.165, 1.54) is 0 Å². The number of ether oxygens (including phenoxy) is 4. The van der Waals surface area contributed by atoms with E-state index in [0.29, 0.717) is 19.6 Å². The number of rotatable bonds is 18. The van der Waals surface area contributed by atoms with Gasteiger partial charge in [-0.15, -0.1) is 6.58 Å². The molecule has 2 heterocycles. The van der Waals surface area contributed by atoms with E-state index in [0.717, 1.165) is 109 Å². The van der Waals surface area contributed by atoms with Gasteiger partial charge in [-0.3, -0.25) is 0 Å². The number of hydrogen-bond donors (Lipinski definition) is 2. The van der Waals surface area contributed by atoms with Crippen molar-refractivity contribution < 1.29 is 34.0 Å². The Balaban J connectivity index is 1.33. The predicted molar refractivity (Wildman–Crippen MR) is 220 cm³/mol. The molecule has 7 atom stereocenters. The van der Waals surface area contributed by atoms with Gasteiger partial charge in [-0.2, -0.15) is 11.8 Å². The molecule has 0 spiro atoms. The van der Waals surface area contributed by atoms with Crippen LogP contribution in [0.3, 0.4) is 0 Å². The second-order valence-corrected chi connectivity index (χ2v) is 16.6. The standard InChI is InChI=1S/C46H57NO7S/c1-3-27-51-46-42(55-4-2)31-40(47-54-43-18-10-13-28-50-43)38-29-34(16-8-11-25-48)37(17-9-12-26-49)44(45(38)46)39-30-36(23-24-41(39)53-46)52-35-21-19-33(20-22-35)32-14-6-5-7-15-32/h3,5-7,14-15,19-24,29-30,34,37,42-45,48-49H,1,4,8-13,16-18,25-28,31H2,2H3/t34-,37+,42-,43?,44+,45+,46+/m0/s1. The fourth-order valence-corrected chi connectivity index (χ4v) is 10.3. The first-order valence-corrected chi connectivity index (χ1v) is 21.4. The summed E-state index contributed by atoms with van der Waals surface area (Å²) in [6, 6.07) is 24.8. The number of thioether (sulfide) groups is 1. The van der Waals surface area contributed by atoms with Gasteiger partial charge in [0.05, 0.1) is 30.1 Å². The number of nitrogens with zero attached hydrogens (tertiary/aromatic N) is 1. The molecule has 0 bridgehead atoms. The van der Waals surface area contributed by atoms with Crippen LogP contribution in [0.1, 0.15) is 82.6 Å². The van der Waals surface area contributed by atoms with E-state index in [9.17, 15) is 10.2 Å². The number of hydrogen-bond acceptors (Lipinski definition) is 9. The summed E-state index contributed by atoms with van der Waals surface area (Å²) in [5, 5.41) is 24.6. The molecule has 2 fully saturated rings. The molecule has 294 valence electrons. The van der Waals surface area contributed by atoms with Crippen molar-refractivity contribution in [1.29, 1.82) is 0 Å². The minimum atomic E-state index is -0.973. The summed E-state index contributed by atoms with van der Waals surface area (Å²) in [5.74, 6) is 2.50. The van der Waals surface area contributed by atoms with Crippen LogP contribution in [0.2, 0.25) is 0 Å². The highest BCUT2D eigenvalue weighted by molar-refractivity contribution is 8.00. The van der Waals surface area contributed by atoms with Gasteiger partial charge >= 0.3 is 0 Å². The number of allylic oxidation sites excluding steroid dienone is 1. The Kier molecular flexibility index (Phi) is 13.7. The maximum absolute atomic E-state index is 9.90. The molecule has 0 aromatic heterocycles. The van der Waals surface area contributed by atoms with Crippen LogP contribution < -0.4 is 9.47 Å². The number of aliphatic hydroxyl groups excluding tert-OH is 2. The van der Waals surface area contributed by atoms with Crippen LogP contribution in [0.25, 0.3) is 11.1 Å². The molecular weight excluding hydrogens is 711 g/mol. The molecule has 7 rings (SSSR count). The van der Waals surface area contributed by atoms with Crippen molar-refractivity contribution in [3.05, 3.63) is 103 Å². The lowest BCUT2D eigenvalue weighted by Gasteiger charge is -2.58. The Morgan fingerprint density at radius 2 is 1.69 bits per heavy atom. The lowest BCUT2D eigenvalue weighted by Crippen LogP contribution is -2.64. The summed E-state index contributed by atoms with van der Waals surface area (Å²) in [5.41, 5.74) is 5.46. The highest BCUT2D eigenvalue weighted by Crippen LogP contribution is 2.62. The molecule has 3 aromatic rings. The largest absolute Gasteiger partial charge is 0.460 e. The Hall–Kier alpha value is -3.60. The SMILES string of the molecule is C=CCO[C@@]12Oc3ccc(Oc4ccc(-c5ccccc5)cc4)cc3[C@H]3[C@H](CCCCO)[C@@H](CCCCO)C=C(C(=NOC4CCCCO4)C[C@@H]1SCC)[C@H]32. The van der Waals surface area contributed by atoms with Gasteiger partial charge in [0, 0.05) is 37.5 Å². The summed E-state index contributed by atoms with van der Waals surface area (Å²) in [6.45, 7) is 7.58. The van der Waals surface area contributed by atoms with Gasteiger partial charge in [0.15, 0.2) is 0 Å². The van der Waals surface area contributed by atoms with E-state index >= 15 is 0 Å². The highest BCUT2D eigenvalue weighted by Gasteiger charge is 2.63. The summed E-state index contributed by atoms with van der Waals surface area (Å²) in [6.07, 6.45) is 12.6. The molecule has 9 heteroatoms. The zero-order valence-electron chi connectivity index (χ0n) is 32.2. The number of aliphatic hydroxyl groups is 2. The molecule has 3 aromatic carbocycles. The molecule has 4 aliphatic rings. The molecule has 2 aliphatic carbocycles. The number of benzene rings is 3. The monoisotopic (exact) mass is 767 g/mol. The van der Waals surface area contributed by atoms with E-state index in [4.69, 9.17) is 28.9 Å². The lowest BCUT2D eigenvalue weighted by atomic mass is 9.56. The van der Waals surface area contributed by atoms with Gasteiger partial charge in [-0.25, -0.2) is 0 Å². The van der Waals surface area contributed by atoms with Gasteiger partial charge in [-0.05, 0) is 103 Å². The number of unbranched alkanes of at least 4 members (excludes halogenated alkanes) is 2. The maximum atomic E-state index is 9.90. The average molecular weight is 768 g/mol. The third kappa shape index (κ3) is 8.87. The van der Waals surface area contributed by atoms with E-state index in [2.05, 4.69) is 68.1 Å². The van der Waals surface area contributed by atoms with Crippen molar-refractivity contribution in [2.24, 2.45) is 22.9 Å². The van der Waals surface area contributed by atoms with Crippen LogP contribution in [0.15, 0.2) is 102 Å². The molecule has 55 heavy (non-hydrogen) atoms. The van der Waals surface area contributed by atoms with Gasteiger partial charge in [0.25, 0.3) is 0 Å². The fourth-order valence-electron chi connectivity index (χ4n) is 9.14. The Labute approximate surface area is 330 Å². The van der Waals surface area contributed by atoms with Crippen molar-refractivity contribution in [2.75, 3.05) is 32.2 Å². The van der Waals surface area contributed by atoms with Gasteiger partial charge in [0.1, 0.15) is 17.2 Å². The molecule has 1 unspecified atom stereocenters. The van der Waals surface area contributed by atoms with Crippen molar-refractivity contribution in [1.82, 2.24) is 0 Å². The van der Waals surface area contributed by atoms with Crippen LogP contribution in [0.5, 0.6) is 17.2 Å². The third-order valence-corrected chi connectivity index (χ3v) is 12.8. The zero-order chi connectivity index (χ0) is 38.0. The lowest BCUT2D eigenvalue weighted by molar-refractivity contribution is -0.223. The maximum Gasteiger partial charge on any atom is 0.230 e. The second kappa shape index (κ2) is 19.0. The minimum absolute atomic E-state index is 0.00628. The molecule has 1 saturated heterocycles. The first kappa shape index (κ1) is 39.6. The molecule has 0 radical (unpaired) electrons. The summed E-state index contributed by atoms with van der Waals surface area (Å²) in [4.78, 5) is 6.20. The number of oxime groups is 1. The molecule has 2 aliphatic heterocycles. The summed E-state index contributed by atoms with van der Waals surface area (Å²) in [7, 11) is 0. The van der Waals surface area contributed by atoms with Gasteiger partial charge in [-0.1, -0.05) is 79.5 Å². The summed E-state index contributed by atoms with van der Waals surface area (Å²) >= 11 is 1.85. The van der Waals surface area contributed by atoms with Gasteiger partial charge in [0.2, 0.25) is 12.1 Å². The average Bonchev–Trinajstić information content (AvgIpc) is 3.22. The van der Waals surface area contributed by atoms with Crippen LogP contribution in [-0.4, -0.2) is 65.4 Å². The van der Waals surface area contributed by atoms with Crippen LogP contribution in [0.4, 0.5) is 0 Å². The quantitative estimate of drug-likeness (QED) is 0.0750. The topological polar surface area (TPSA) is 99.0 Å². The molecule has 1 saturated carbocycles. The first-order valence-electron chi connectivity index (χ1n) is 20.4. The summed E-state index contributed by atoms with van der Waals surface area (Å²) < 4.78 is 26.8. The van der Waals surface area contributed by atoms with Gasteiger partial charge < -0.3 is 34.0 Å². The third-order valence-electron chi connectivity index (χ3n) is 11.6. The second-order valence-electron chi connectivity index (χ2n) is 15.1. The Bertz CT molecular complexity index is 1760. The zero-order valence-corrected chi connectivity index (χ0v) is 33.0. The predicted octanol–water partition coefficient (Wildman–Crippen LogP) is 10.1. The first-order chi connectivity index (χ1) is 27.1. The molecular formula is C46H57NO7S. The minimum Gasteiger partial charge on any atom is -0.460 e. The van der Waals surface area contributed by atoms with Crippen molar-refractivity contribution >= 4 is 17.5 Å². The molecule has 8 nitrogen and oxygen atoms in total. The number of fused-ring (bicyclic) bond motifs is 2. The van der Waals surface area contributed by atoms with Crippen molar-refractivity contribution in [3.63, 3.8) is 0 Å². The highest BCUT2D eigenvalue weighted by atomic mass is 32.2. The van der Waals surface area contributed by atoms with E-state index < -0.39 is 5.79 Å². The van der Waals surface area contributed by atoms with E-state index in [1.54, 1.807) is 0 Å². The van der Waals surface area contributed by atoms with E-state index in [-0.39, 0.29) is 48.4 Å². The smallest absolute Gasteiger partial charge is 0.230 e. The molecule has 0 amide bonds. The van der Waals surface area contributed by atoms with E-state index in [1.807, 2.05) is 42.1 Å². The normalized spacial score (nSPS) is 27.7.